The van der Waals surface area contributed by atoms with Crippen molar-refractivity contribution >= 4 is 11.0 Å². The van der Waals surface area contributed by atoms with Crippen molar-refractivity contribution in [1.29, 1.82) is 0 Å². The summed E-state index contributed by atoms with van der Waals surface area (Å²) in [5, 5.41) is 0.883. The molecular weight excluding hydrogens is 276 g/mol. The highest BCUT2D eigenvalue weighted by Crippen LogP contribution is 2.26. The van der Waals surface area contributed by atoms with Gasteiger partial charge in [-0.05, 0) is 29.8 Å². The maximum Gasteiger partial charge on any atom is 0.344 e. The highest BCUT2D eigenvalue weighted by Gasteiger charge is 2.09. The molecule has 0 saturated carbocycles. The van der Waals surface area contributed by atoms with Gasteiger partial charge in [0.25, 0.3) is 0 Å². The Labute approximate surface area is 126 Å². The summed E-state index contributed by atoms with van der Waals surface area (Å²) in [6, 6.07) is 20.8. The molecule has 0 aliphatic heterocycles. The van der Waals surface area contributed by atoms with Crippen molar-refractivity contribution in [3.8, 4) is 22.5 Å². The van der Waals surface area contributed by atoms with Crippen LogP contribution in [0, 0.1) is 0 Å². The van der Waals surface area contributed by atoms with Crippen LogP contribution in [0.5, 0.6) is 0 Å². The SMILES string of the molecule is O=c1oc2cc(-c3ccco3)ccc2cc1-c1ccccc1. The second kappa shape index (κ2) is 5.04. The Hall–Kier alpha value is -3.07. The third kappa shape index (κ3) is 2.13. The zero-order valence-electron chi connectivity index (χ0n) is 11.7. The number of furan rings is 1. The molecule has 2 aromatic heterocycles. The van der Waals surface area contributed by atoms with Gasteiger partial charge in [-0.2, -0.15) is 0 Å². The fourth-order valence-electron chi connectivity index (χ4n) is 2.53. The highest BCUT2D eigenvalue weighted by molar-refractivity contribution is 5.85. The van der Waals surface area contributed by atoms with E-state index < -0.39 is 0 Å². The fraction of sp³-hybridized carbons (Fsp3) is 0. The van der Waals surface area contributed by atoms with Gasteiger partial charge in [-0.15, -0.1) is 0 Å². The standard InChI is InChI=1S/C19H12O3/c20-19-16(13-5-2-1-3-6-13)11-14-8-9-15(12-18(14)22-19)17-7-4-10-21-17/h1-12H. The predicted octanol–water partition coefficient (Wildman–Crippen LogP) is 4.72. The molecule has 4 aromatic rings. The van der Waals surface area contributed by atoms with Gasteiger partial charge < -0.3 is 8.83 Å². The Morgan fingerprint density at radius 2 is 1.64 bits per heavy atom. The monoisotopic (exact) mass is 288 g/mol. The molecule has 0 fully saturated rings. The lowest BCUT2D eigenvalue weighted by Gasteiger charge is -2.04. The second-order valence-electron chi connectivity index (χ2n) is 5.04. The Morgan fingerprint density at radius 3 is 2.41 bits per heavy atom. The van der Waals surface area contributed by atoms with Gasteiger partial charge in [0.2, 0.25) is 0 Å². The maximum atomic E-state index is 12.2. The largest absolute Gasteiger partial charge is 0.464 e. The number of fused-ring (bicyclic) bond motifs is 1. The summed E-state index contributed by atoms with van der Waals surface area (Å²) in [6.07, 6.45) is 1.62. The molecule has 0 N–H and O–H groups in total. The van der Waals surface area contributed by atoms with Crippen molar-refractivity contribution in [3.63, 3.8) is 0 Å². The van der Waals surface area contributed by atoms with E-state index in [1.807, 2.05) is 66.7 Å². The van der Waals surface area contributed by atoms with Crippen molar-refractivity contribution in [1.82, 2.24) is 0 Å². The summed E-state index contributed by atoms with van der Waals surface area (Å²) in [7, 11) is 0. The molecule has 0 unspecified atom stereocenters. The van der Waals surface area contributed by atoms with Crippen LogP contribution in [-0.2, 0) is 0 Å². The van der Waals surface area contributed by atoms with Crippen LogP contribution in [0.3, 0.4) is 0 Å². The first kappa shape index (κ1) is 12.7. The molecule has 0 aliphatic rings. The molecule has 2 aromatic carbocycles. The van der Waals surface area contributed by atoms with Crippen molar-refractivity contribution < 1.29 is 8.83 Å². The molecule has 3 nitrogen and oxygen atoms in total. The van der Waals surface area contributed by atoms with Crippen molar-refractivity contribution in [2.24, 2.45) is 0 Å². The van der Waals surface area contributed by atoms with Crippen molar-refractivity contribution in [3.05, 3.63) is 83.4 Å². The number of rotatable bonds is 2. The maximum absolute atomic E-state index is 12.2. The smallest absolute Gasteiger partial charge is 0.344 e. The van der Waals surface area contributed by atoms with Crippen LogP contribution < -0.4 is 5.63 Å². The van der Waals surface area contributed by atoms with Crippen LogP contribution in [0.1, 0.15) is 0 Å². The summed E-state index contributed by atoms with van der Waals surface area (Å²) in [5.41, 5.74) is 2.52. The minimum absolute atomic E-state index is 0.338. The first-order valence-electron chi connectivity index (χ1n) is 6.98. The Bertz CT molecular complexity index is 980. The average molecular weight is 288 g/mol. The van der Waals surface area contributed by atoms with Gasteiger partial charge in [0.1, 0.15) is 11.3 Å². The lowest BCUT2D eigenvalue weighted by atomic mass is 10.0. The Morgan fingerprint density at radius 1 is 0.773 bits per heavy atom. The van der Waals surface area contributed by atoms with E-state index in [-0.39, 0.29) is 5.63 Å². The van der Waals surface area contributed by atoms with Gasteiger partial charge in [0.15, 0.2) is 0 Å². The summed E-state index contributed by atoms with van der Waals surface area (Å²) in [4.78, 5) is 12.2. The van der Waals surface area contributed by atoms with Gasteiger partial charge in [-0.1, -0.05) is 42.5 Å². The van der Waals surface area contributed by atoms with E-state index in [0.29, 0.717) is 11.1 Å². The summed E-state index contributed by atoms with van der Waals surface area (Å²) < 4.78 is 10.9. The van der Waals surface area contributed by atoms with Crippen LogP contribution in [0.25, 0.3) is 33.4 Å². The van der Waals surface area contributed by atoms with Crippen LogP contribution in [0.2, 0.25) is 0 Å². The molecule has 2 heterocycles. The van der Waals surface area contributed by atoms with Gasteiger partial charge in [-0.25, -0.2) is 4.79 Å². The van der Waals surface area contributed by atoms with E-state index >= 15 is 0 Å². The molecule has 0 radical (unpaired) electrons. The minimum Gasteiger partial charge on any atom is -0.464 e. The molecule has 0 spiro atoms. The van der Waals surface area contributed by atoms with Crippen LogP contribution in [0.4, 0.5) is 0 Å². The van der Waals surface area contributed by atoms with Gasteiger partial charge in [0.05, 0.1) is 11.8 Å². The number of hydrogen-bond acceptors (Lipinski definition) is 3. The molecule has 0 atom stereocenters. The number of benzene rings is 2. The van der Waals surface area contributed by atoms with E-state index in [1.165, 1.54) is 0 Å². The summed E-state index contributed by atoms with van der Waals surface area (Å²) in [5.74, 6) is 0.747. The third-order valence-corrected chi connectivity index (χ3v) is 3.63. The van der Waals surface area contributed by atoms with Crippen molar-refractivity contribution in [2.75, 3.05) is 0 Å². The third-order valence-electron chi connectivity index (χ3n) is 3.63. The molecule has 0 amide bonds. The van der Waals surface area contributed by atoms with E-state index in [0.717, 1.165) is 22.3 Å². The molecule has 22 heavy (non-hydrogen) atoms. The second-order valence-corrected chi connectivity index (χ2v) is 5.04. The normalized spacial score (nSPS) is 10.9. The van der Waals surface area contributed by atoms with Gasteiger partial charge in [-0.3, -0.25) is 0 Å². The lowest BCUT2D eigenvalue weighted by Crippen LogP contribution is -2.02. The van der Waals surface area contributed by atoms with Crippen LogP contribution in [0.15, 0.2) is 86.6 Å². The van der Waals surface area contributed by atoms with E-state index in [1.54, 1.807) is 6.26 Å². The van der Waals surface area contributed by atoms with Gasteiger partial charge in [0, 0.05) is 10.9 Å². The Balaban J connectivity index is 1.89. The van der Waals surface area contributed by atoms with E-state index in [9.17, 15) is 4.79 Å². The molecule has 0 bridgehead atoms. The fourth-order valence-corrected chi connectivity index (χ4v) is 2.53. The molecule has 106 valence electrons. The molecule has 4 rings (SSSR count). The topological polar surface area (TPSA) is 43.4 Å². The lowest BCUT2D eigenvalue weighted by molar-refractivity contribution is 0.562. The van der Waals surface area contributed by atoms with E-state index in [2.05, 4.69) is 0 Å². The van der Waals surface area contributed by atoms with Crippen LogP contribution >= 0.6 is 0 Å². The molecule has 0 aliphatic carbocycles. The summed E-state index contributed by atoms with van der Waals surface area (Å²) in [6.45, 7) is 0. The molecule has 3 heteroatoms. The van der Waals surface area contributed by atoms with Gasteiger partial charge >= 0.3 is 5.63 Å². The van der Waals surface area contributed by atoms with E-state index in [4.69, 9.17) is 8.83 Å². The average Bonchev–Trinajstić information content (AvgIpc) is 3.09. The van der Waals surface area contributed by atoms with Crippen LogP contribution in [-0.4, -0.2) is 0 Å². The zero-order chi connectivity index (χ0) is 14.9. The minimum atomic E-state index is -0.338. The Kier molecular flexibility index (Phi) is 2.90. The molecule has 0 saturated heterocycles. The highest BCUT2D eigenvalue weighted by atomic mass is 16.4. The first-order valence-corrected chi connectivity index (χ1v) is 6.98. The number of hydrogen-bond donors (Lipinski definition) is 0. The van der Waals surface area contributed by atoms with Crippen molar-refractivity contribution in [2.45, 2.75) is 0 Å². The quantitative estimate of drug-likeness (QED) is 0.501. The zero-order valence-corrected chi connectivity index (χ0v) is 11.7. The summed E-state index contributed by atoms with van der Waals surface area (Å²) >= 11 is 0. The molecular formula is C19H12O3. The predicted molar refractivity (Wildman–Crippen MR) is 85.6 cm³/mol. The first-order chi connectivity index (χ1) is 10.8.